The summed E-state index contributed by atoms with van der Waals surface area (Å²) in [7, 11) is 0. The molecule has 0 amide bonds. The first-order valence-corrected chi connectivity index (χ1v) is 7.82. The zero-order chi connectivity index (χ0) is 11.9. The van der Waals surface area contributed by atoms with Gasteiger partial charge >= 0.3 is 0 Å². The van der Waals surface area contributed by atoms with Crippen molar-refractivity contribution in [3.63, 3.8) is 0 Å². The number of nitrogens with one attached hydrogen (secondary N) is 1. The maximum absolute atomic E-state index is 3.66. The third-order valence-corrected chi connectivity index (χ3v) is 4.33. The van der Waals surface area contributed by atoms with Crippen LogP contribution in [0, 0.1) is 0 Å². The Morgan fingerprint density at radius 3 is 2.53 bits per heavy atom. The van der Waals surface area contributed by atoms with Crippen LogP contribution < -0.4 is 5.32 Å². The highest BCUT2D eigenvalue weighted by molar-refractivity contribution is 7.99. The van der Waals surface area contributed by atoms with Crippen molar-refractivity contribution in [2.24, 2.45) is 0 Å². The summed E-state index contributed by atoms with van der Waals surface area (Å²) < 4.78 is 0. The van der Waals surface area contributed by atoms with Crippen molar-refractivity contribution in [3.8, 4) is 0 Å². The van der Waals surface area contributed by atoms with Crippen LogP contribution in [-0.2, 0) is 6.42 Å². The topological polar surface area (TPSA) is 12.0 Å². The van der Waals surface area contributed by atoms with Crippen molar-refractivity contribution in [2.45, 2.75) is 50.0 Å². The molecule has 1 aliphatic carbocycles. The predicted molar refractivity (Wildman–Crippen MR) is 76.8 cm³/mol. The van der Waals surface area contributed by atoms with Gasteiger partial charge < -0.3 is 5.32 Å². The Morgan fingerprint density at radius 2 is 1.88 bits per heavy atom. The Morgan fingerprint density at radius 1 is 1.18 bits per heavy atom. The van der Waals surface area contributed by atoms with Crippen LogP contribution in [0.3, 0.4) is 0 Å². The first-order chi connectivity index (χ1) is 8.38. The van der Waals surface area contributed by atoms with Crippen molar-refractivity contribution in [3.05, 3.63) is 29.8 Å². The van der Waals surface area contributed by atoms with Gasteiger partial charge in [0, 0.05) is 10.9 Å². The van der Waals surface area contributed by atoms with E-state index in [0.29, 0.717) is 0 Å². The van der Waals surface area contributed by atoms with E-state index in [1.54, 1.807) is 0 Å². The zero-order valence-corrected chi connectivity index (χ0v) is 11.6. The van der Waals surface area contributed by atoms with E-state index >= 15 is 0 Å². The van der Waals surface area contributed by atoms with E-state index in [2.05, 4.69) is 36.5 Å². The van der Waals surface area contributed by atoms with Gasteiger partial charge in [0.1, 0.15) is 0 Å². The van der Waals surface area contributed by atoms with Gasteiger partial charge in [-0.2, -0.15) is 0 Å². The average molecular weight is 249 g/mol. The summed E-state index contributed by atoms with van der Waals surface area (Å²) in [6.45, 7) is 3.33. The summed E-state index contributed by atoms with van der Waals surface area (Å²) in [6.07, 6.45) is 6.76. The Labute approximate surface area is 109 Å². The van der Waals surface area contributed by atoms with Gasteiger partial charge in [0.05, 0.1) is 0 Å². The minimum absolute atomic E-state index is 0.796. The molecule has 0 unspecified atom stereocenters. The fourth-order valence-electron chi connectivity index (χ4n) is 2.47. The lowest BCUT2D eigenvalue weighted by Gasteiger charge is -2.11. The molecule has 1 aromatic carbocycles. The van der Waals surface area contributed by atoms with Crippen molar-refractivity contribution in [2.75, 3.05) is 12.3 Å². The molecular formula is C15H23NS. The lowest BCUT2D eigenvalue weighted by atomic mass is 10.1. The van der Waals surface area contributed by atoms with E-state index in [1.165, 1.54) is 36.1 Å². The molecule has 1 nitrogen and oxygen atoms in total. The molecule has 0 aromatic heterocycles. The van der Waals surface area contributed by atoms with Gasteiger partial charge in [-0.05, 0) is 49.3 Å². The number of thioether (sulfide) groups is 1. The minimum atomic E-state index is 0.796. The van der Waals surface area contributed by atoms with Crippen molar-refractivity contribution < 1.29 is 0 Å². The van der Waals surface area contributed by atoms with Crippen LogP contribution in [0.1, 0.15) is 38.2 Å². The van der Waals surface area contributed by atoms with E-state index in [1.807, 2.05) is 11.8 Å². The molecule has 94 valence electrons. The Hall–Kier alpha value is -0.470. The van der Waals surface area contributed by atoms with Crippen LogP contribution in [0.5, 0.6) is 0 Å². The molecule has 1 N–H and O–H groups in total. The first-order valence-electron chi connectivity index (χ1n) is 6.83. The summed E-state index contributed by atoms with van der Waals surface area (Å²) >= 11 is 1.91. The Balaban J connectivity index is 1.70. The van der Waals surface area contributed by atoms with E-state index in [9.17, 15) is 0 Å². The molecule has 1 saturated carbocycles. The fourth-order valence-corrected chi connectivity index (χ4v) is 3.13. The van der Waals surface area contributed by atoms with Crippen LogP contribution in [0.15, 0.2) is 29.2 Å². The van der Waals surface area contributed by atoms with E-state index in [0.717, 1.165) is 24.8 Å². The maximum Gasteiger partial charge on any atom is 0.00720 e. The van der Waals surface area contributed by atoms with Gasteiger partial charge in [0.25, 0.3) is 0 Å². The molecule has 2 rings (SSSR count). The SMILES string of the molecule is CCSc1ccc(CCNC2CCCC2)cc1. The number of hydrogen-bond donors (Lipinski definition) is 1. The van der Waals surface area contributed by atoms with Gasteiger partial charge in [-0.3, -0.25) is 0 Å². The number of benzene rings is 1. The van der Waals surface area contributed by atoms with E-state index in [-0.39, 0.29) is 0 Å². The van der Waals surface area contributed by atoms with Crippen LogP contribution in [-0.4, -0.2) is 18.3 Å². The second-order valence-corrected chi connectivity index (χ2v) is 6.10. The van der Waals surface area contributed by atoms with Gasteiger partial charge in [0.15, 0.2) is 0 Å². The third kappa shape index (κ3) is 4.36. The van der Waals surface area contributed by atoms with Gasteiger partial charge in [0.2, 0.25) is 0 Å². The second kappa shape index (κ2) is 7.07. The van der Waals surface area contributed by atoms with Gasteiger partial charge in [-0.1, -0.05) is 31.9 Å². The third-order valence-electron chi connectivity index (χ3n) is 3.44. The number of hydrogen-bond acceptors (Lipinski definition) is 2. The van der Waals surface area contributed by atoms with Crippen molar-refractivity contribution in [1.82, 2.24) is 5.32 Å². The first kappa shape index (κ1) is 13.0. The van der Waals surface area contributed by atoms with Gasteiger partial charge in [-0.15, -0.1) is 11.8 Å². The quantitative estimate of drug-likeness (QED) is 0.768. The molecule has 1 aliphatic rings. The minimum Gasteiger partial charge on any atom is -0.314 e. The summed E-state index contributed by atoms with van der Waals surface area (Å²) in [4.78, 5) is 1.39. The summed E-state index contributed by atoms with van der Waals surface area (Å²) in [5.41, 5.74) is 1.45. The molecule has 0 aliphatic heterocycles. The zero-order valence-electron chi connectivity index (χ0n) is 10.7. The number of rotatable bonds is 6. The molecule has 0 heterocycles. The fraction of sp³-hybridized carbons (Fsp3) is 0.600. The molecular weight excluding hydrogens is 226 g/mol. The molecule has 17 heavy (non-hydrogen) atoms. The highest BCUT2D eigenvalue weighted by Crippen LogP contribution is 2.19. The molecule has 0 saturated heterocycles. The smallest absolute Gasteiger partial charge is 0.00720 e. The van der Waals surface area contributed by atoms with Crippen LogP contribution in [0.2, 0.25) is 0 Å². The molecule has 0 spiro atoms. The largest absolute Gasteiger partial charge is 0.314 e. The van der Waals surface area contributed by atoms with Crippen molar-refractivity contribution in [1.29, 1.82) is 0 Å². The normalized spacial score (nSPS) is 16.5. The Bertz CT molecular complexity index is 314. The molecule has 1 fully saturated rings. The summed E-state index contributed by atoms with van der Waals surface area (Å²) in [5.74, 6) is 1.16. The molecule has 0 atom stereocenters. The van der Waals surface area contributed by atoms with E-state index in [4.69, 9.17) is 0 Å². The summed E-state index contributed by atoms with van der Waals surface area (Å²) in [6, 6.07) is 9.84. The molecule has 1 aromatic rings. The standard InChI is InChI=1S/C15H23NS/c1-2-17-15-9-7-13(8-10-15)11-12-16-14-5-3-4-6-14/h7-10,14,16H,2-6,11-12H2,1H3. The average Bonchev–Trinajstić information content (AvgIpc) is 2.85. The molecule has 0 bridgehead atoms. The summed E-state index contributed by atoms with van der Waals surface area (Å²) in [5, 5.41) is 3.66. The van der Waals surface area contributed by atoms with E-state index < -0.39 is 0 Å². The molecule has 2 heteroatoms. The second-order valence-electron chi connectivity index (χ2n) is 4.76. The van der Waals surface area contributed by atoms with Crippen LogP contribution in [0.4, 0.5) is 0 Å². The van der Waals surface area contributed by atoms with Crippen molar-refractivity contribution >= 4 is 11.8 Å². The highest BCUT2D eigenvalue weighted by Gasteiger charge is 2.13. The van der Waals surface area contributed by atoms with Crippen LogP contribution in [0.25, 0.3) is 0 Å². The monoisotopic (exact) mass is 249 g/mol. The lowest BCUT2D eigenvalue weighted by Crippen LogP contribution is -2.27. The Kier molecular flexibility index (Phi) is 5.40. The lowest BCUT2D eigenvalue weighted by molar-refractivity contribution is 0.528. The predicted octanol–water partition coefficient (Wildman–Crippen LogP) is 3.87. The molecule has 0 radical (unpaired) electrons. The van der Waals surface area contributed by atoms with Gasteiger partial charge in [-0.25, -0.2) is 0 Å². The maximum atomic E-state index is 3.66. The van der Waals surface area contributed by atoms with Crippen LogP contribution >= 0.6 is 11.8 Å². The highest BCUT2D eigenvalue weighted by atomic mass is 32.2.